The topological polar surface area (TPSA) is 91.2 Å². The van der Waals surface area contributed by atoms with Gasteiger partial charge >= 0.3 is 0 Å². The number of ether oxygens (including phenoxy) is 1. The number of nitrogen functional groups attached to an aromatic ring is 1. The zero-order valence-electron chi connectivity index (χ0n) is 14.6. The Bertz CT molecular complexity index is 778. The lowest BCUT2D eigenvalue weighted by Gasteiger charge is -2.23. The first kappa shape index (κ1) is 16.1. The molecule has 2 atom stereocenters. The van der Waals surface area contributed by atoms with E-state index in [1.54, 1.807) is 17.9 Å². The zero-order chi connectivity index (χ0) is 17.6. The van der Waals surface area contributed by atoms with E-state index in [0.29, 0.717) is 30.5 Å². The highest BCUT2D eigenvalue weighted by Gasteiger charge is 2.38. The Morgan fingerprint density at radius 2 is 2.20 bits per heavy atom. The standard InChI is InChI=1S/C17H24N6O2/c1-21-15(11-3-4-11)8-14(19-21)17(24)23-10-13(25-2)7-12(23)9-22-6-5-16(18)20-22/h5-6,8,11-13H,3-4,7,9-10H2,1-2H3,(H2,18,20)/t12-,13+/m0/s1. The third-order valence-electron chi connectivity index (χ3n) is 5.16. The number of hydrogen-bond donors (Lipinski definition) is 1. The molecule has 2 N–H and O–H groups in total. The van der Waals surface area contributed by atoms with E-state index < -0.39 is 0 Å². The molecule has 0 radical (unpaired) electrons. The molecule has 2 fully saturated rings. The maximum absolute atomic E-state index is 13.1. The number of rotatable bonds is 5. The number of carbonyl (C=O) groups is 1. The minimum Gasteiger partial charge on any atom is -0.382 e. The quantitative estimate of drug-likeness (QED) is 0.874. The molecule has 0 aromatic carbocycles. The van der Waals surface area contributed by atoms with Gasteiger partial charge < -0.3 is 15.4 Å². The van der Waals surface area contributed by atoms with E-state index in [-0.39, 0.29) is 18.1 Å². The molecule has 8 heteroatoms. The summed E-state index contributed by atoms with van der Waals surface area (Å²) in [5.41, 5.74) is 7.37. The summed E-state index contributed by atoms with van der Waals surface area (Å²) in [5, 5.41) is 8.69. The van der Waals surface area contributed by atoms with E-state index in [4.69, 9.17) is 10.5 Å². The lowest BCUT2D eigenvalue weighted by molar-refractivity contribution is 0.0672. The summed E-state index contributed by atoms with van der Waals surface area (Å²) in [7, 11) is 3.60. The first-order valence-electron chi connectivity index (χ1n) is 8.71. The second-order valence-corrected chi connectivity index (χ2v) is 7.02. The van der Waals surface area contributed by atoms with E-state index >= 15 is 0 Å². The van der Waals surface area contributed by atoms with Crippen molar-refractivity contribution in [3.8, 4) is 0 Å². The van der Waals surface area contributed by atoms with Gasteiger partial charge in [-0.3, -0.25) is 14.2 Å². The van der Waals surface area contributed by atoms with Gasteiger partial charge in [-0.15, -0.1) is 0 Å². The van der Waals surface area contributed by atoms with Crippen LogP contribution in [-0.2, 0) is 18.3 Å². The maximum Gasteiger partial charge on any atom is 0.274 e. The second kappa shape index (κ2) is 6.18. The predicted octanol–water partition coefficient (Wildman–Crippen LogP) is 1.01. The molecule has 8 nitrogen and oxygen atoms in total. The van der Waals surface area contributed by atoms with E-state index in [0.717, 1.165) is 12.1 Å². The summed E-state index contributed by atoms with van der Waals surface area (Å²) in [4.78, 5) is 14.9. The van der Waals surface area contributed by atoms with Crippen LogP contribution < -0.4 is 5.73 Å². The van der Waals surface area contributed by atoms with Crippen LogP contribution in [0.3, 0.4) is 0 Å². The van der Waals surface area contributed by atoms with Crippen LogP contribution in [-0.4, -0.2) is 56.2 Å². The van der Waals surface area contributed by atoms with Crippen LogP contribution in [0.2, 0.25) is 0 Å². The third kappa shape index (κ3) is 3.13. The van der Waals surface area contributed by atoms with Gasteiger partial charge in [-0.25, -0.2) is 0 Å². The van der Waals surface area contributed by atoms with E-state index in [1.807, 2.05) is 28.9 Å². The number of anilines is 1. The molecule has 2 aromatic heterocycles. The highest BCUT2D eigenvalue weighted by atomic mass is 16.5. The van der Waals surface area contributed by atoms with E-state index in [9.17, 15) is 4.79 Å². The molecular weight excluding hydrogens is 320 g/mol. The van der Waals surface area contributed by atoms with Crippen LogP contribution in [0.25, 0.3) is 0 Å². The number of methoxy groups -OCH3 is 1. The summed E-state index contributed by atoms with van der Waals surface area (Å²) in [6.07, 6.45) is 5.03. The Balaban J connectivity index is 1.54. The highest BCUT2D eigenvalue weighted by molar-refractivity contribution is 5.93. The first-order chi connectivity index (χ1) is 12.0. The number of nitrogens with two attached hydrogens (primary N) is 1. The third-order valence-corrected chi connectivity index (χ3v) is 5.16. The van der Waals surface area contributed by atoms with E-state index in [2.05, 4.69) is 10.2 Å². The fourth-order valence-corrected chi connectivity index (χ4v) is 3.66. The molecule has 1 amide bonds. The molecule has 2 aromatic rings. The SMILES string of the molecule is CO[C@@H]1C[C@@H](Cn2ccc(N)n2)N(C(=O)c2cc(C3CC3)n(C)n2)C1. The molecule has 1 saturated heterocycles. The normalized spacial score (nSPS) is 23.4. The van der Waals surface area contributed by atoms with Gasteiger partial charge in [-0.05, 0) is 31.4 Å². The molecule has 1 aliphatic carbocycles. The minimum absolute atomic E-state index is 0.0168. The van der Waals surface area contributed by atoms with Gasteiger partial charge in [0, 0.05) is 38.5 Å². The number of carbonyl (C=O) groups excluding carboxylic acids is 1. The van der Waals surface area contributed by atoms with Crippen molar-refractivity contribution in [2.75, 3.05) is 19.4 Å². The van der Waals surface area contributed by atoms with Crippen molar-refractivity contribution in [1.82, 2.24) is 24.5 Å². The van der Waals surface area contributed by atoms with Crippen LogP contribution in [0.5, 0.6) is 0 Å². The molecule has 25 heavy (non-hydrogen) atoms. The van der Waals surface area contributed by atoms with Gasteiger partial charge in [0.05, 0.1) is 18.7 Å². The second-order valence-electron chi connectivity index (χ2n) is 7.02. The molecule has 2 aliphatic rings. The monoisotopic (exact) mass is 344 g/mol. The number of aromatic nitrogens is 4. The maximum atomic E-state index is 13.1. The Morgan fingerprint density at radius 3 is 2.84 bits per heavy atom. The molecule has 0 unspecified atom stereocenters. The molecule has 0 bridgehead atoms. The van der Waals surface area contributed by atoms with Crippen molar-refractivity contribution >= 4 is 11.7 Å². The van der Waals surface area contributed by atoms with Gasteiger partial charge in [-0.1, -0.05) is 0 Å². The Labute approximate surface area is 146 Å². The van der Waals surface area contributed by atoms with Crippen molar-refractivity contribution in [2.24, 2.45) is 7.05 Å². The van der Waals surface area contributed by atoms with Gasteiger partial charge in [-0.2, -0.15) is 10.2 Å². The summed E-state index contributed by atoms with van der Waals surface area (Å²) >= 11 is 0. The molecule has 3 heterocycles. The van der Waals surface area contributed by atoms with Gasteiger partial charge in [0.1, 0.15) is 5.82 Å². The van der Waals surface area contributed by atoms with Crippen molar-refractivity contribution in [3.63, 3.8) is 0 Å². The Morgan fingerprint density at radius 1 is 1.40 bits per heavy atom. The highest BCUT2D eigenvalue weighted by Crippen LogP contribution is 2.40. The van der Waals surface area contributed by atoms with Crippen LogP contribution in [0.4, 0.5) is 5.82 Å². The number of likely N-dealkylation sites (tertiary alicyclic amines) is 1. The fourth-order valence-electron chi connectivity index (χ4n) is 3.66. The number of hydrogen-bond acceptors (Lipinski definition) is 5. The van der Waals surface area contributed by atoms with Crippen LogP contribution in [0.1, 0.15) is 41.4 Å². The van der Waals surface area contributed by atoms with Crippen LogP contribution in [0, 0.1) is 0 Å². The van der Waals surface area contributed by atoms with E-state index in [1.165, 1.54) is 12.8 Å². The average Bonchev–Trinajstić information content (AvgIpc) is 3.04. The smallest absolute Gasteiger partial charge is 0.274 e. The van der Waals surface area contributed by atoms with Gasteiger partial charge in [0.15, 0.2) is 5.69 Å². The molecule has 134 valence electrons. The van der Waals surface area contributed by atoms with Gasteiger partial charge in [0.2, 0.25) is 0 Å². The number of amides is 1. The molecule has 1 saturated carbocycles. The Hall–Kier alpha value is -2.35. The predicted molar refractivity (Wildman–Crippen MR) is 92.1 cm³/mol. The van der Waals surface area contributed by atoms with Crippen molar-refractivity contribution in [2.45, 2.75) is 43.9 Å². The first-order valence-corrected chi connectivity index (χ1v) is 8.71. The van der Waals surface area contributed by atoms with Crippen molar-refractivity contribution in [1.29, 1.82) is 0 Å². The van der Waals surface area contributed by atoms with Crippen LogP contribution in [0.15, 0.2) is 18.3 Å². The molecule has 0 spiro atoms. The number of nitrogens with zero attached hydrogens (tertiary/aromatic N) is 5. The zero-order valence-corrected chi connectivity index (χ0v) is 14.6. The lowest BCUT2D eigenvalue weighted by atomic mass is 10.2. The van der Waals surface area contributed by atoms with Gasteiger partial charge in [0.25, 0.3) is 5.91 Å². The summed E-state index contributed by atoms with van der Waals surface area (Å²) in [6.45, 7) is 1.18. The molecule has 1 aliphatic heterocycles. The average molecular weight is 344 g/mol. The minimum atomic E-state index is -0.0350. The van der Waals surface area contributed by atoms with Crippen molar-refractivity contribution < 1.29 is 9.53 Å². The summed E-state index contributed by atoms with van der Waals surface area (Å²) in [5.74, 6) is 1.01. The summed E-state index contributed by atoms with van der Waals surface area (Å²) in [6, 6.07) is 3.72. The summed E-state index contributed by atoms with van der Waals surface area (Å²) < 4.78 is 9.13. The number of aryl methyl sites for hydroxylation is 1. The van der Waals surface area contributed by atoms with Crippen molar-refractivity contribution in [3.05, 3.63) is 29.7 Å². The van der Waals surface area contributed by atoms with Crippen LogP contribution >= 0.6 is 0 Å². The lowest BCUT2D eigenvalue weighted by Crippen LogP contribution is -2.38. The molecule has 4 rings (SSSR count). The fraction of sp³-hybridized carbons (Fsp3) is 0.588. The Kier molecular flexibility index (Phi) is 3.99. The molecular formula is C17H24N6O2. The largest absolute Gasteiger partial charge is 0.382 e.